The average Bonchev–Trinajstić information content (AvgIpc) is 2.73. The van der Waals surface area contributed by atoms with E-state index in [0.717, 1.165) is 0 Å². The predicted octanol–water partition coefficient (Wildman–Crippen LogP) is 2.36. The number of thioether (sulfide) groups is 1. The number of methoxy groups -OCH3 is 1. The number of ether oxygens (including phenoxy) is 1. The van der Waals surface area contributed by atoms with Crippen LogP contribution in [0.4, 0.5) is 5.69 Å². The topological polar surface area (TPSA) is 89.7 Å². The SMILES string of the molecule is COC(=O)CCSc1sc([C@H](C)O)cc1[N+](=O)[O-]. The van der Waals surface area contributed by atoms with Crippen LogP contribution in [0.3, 0.4) is 0 Å². The van der Waals surface area contributed by atoms with Gasteiger partial charge in [-0.15, -0.1) is 23.1 Å². The maximum atomic E-state index is 10.9. The van der Waals surface area contributed by atoms with Crippen molar-refractivity contribution in [1.29, 1.82) is 0 Å². The molecule has 1 rings (SSSR count). The summed E-state index contributed by atoms with van der Waals surface area (Å²) < 4.78 is 4.99. The average molecular weight is 291 g/mol. The molecule has 0 saturated heterocycles. The Morgan fingerprint density at radius 2 is 2.39 bits per heavy atom. The summed E-state index contributed by atoms with van der Waals surface area (Å²) in [6, 6.07) is 1.37. The monoisotopic (exact) mass is 291 g/mol. The molecule has 0 aliphatic rings. The van der Waals surface area contributed by atoms with E-state index >= 15 is 0 Å². The van der Waals surface area contributed by atoms with Gasteiger partial charge in [-0.3, -0.25) is 14.9 Å². The molecule has 0 aliphatic carbocycles. The Kier molecular flexibility index (Phi) is 5.57. The summed E-state index contributed by atoms with van der Waals surface area (Å²) in [4.78, 5) is 21.8. The Hall–Kier alpha value is -1.12. The third-order valence-corrected chi connectivity index (χ3v) is 4.65. The van der Waals surface area contributed by atoms with Crippen molar-refractivity contribution in [2.24, 2.45) is 0 Å². The number of nitro groups is 1. The minimum Gasteiger partial charge on any atom is -0.469 e. The van der Waals surface area contributed by atoms with Gasteiger partial charge >= 0.3 is 5.97 Å². The molecule has 1 atom stereocenters. The highest BCUT2D eigenvalue weighted by Crippen LogP contribution is 2.39. The van der Waals surface area contributed by atoms with E-state index in [-0.39, 0.29) is 18.1 Å². The van der Waals surface area contributed by atoms with Gasteiger partial charge in [-0.1, -0.05) is 0 Å². The molecule has 0 aromatic carbocycles. The predicted molar refractivity (Wildman–Crippen MR) is 69.0 cm³/mol. The van der Waals surface area contributed by atoms with Crippen molar-refractivity contribution in [2.75, 3.05) is 12.9 Å². The smallest absolute Gasteiger partial charge is 0.306 e. The maximum Gasteiger partial charge on any atom is 0.306 e. The maximum absolute atomic E-state index is 10.9. The molecule has 1 aromatic heterocycles. The normalized spacial score (nSPS) is 12.2. The molecule has 100 valence electrons. The third-order valence-electron chi connectivity index (χ3n) is 2.07. The van der Waals surface area contributed by atoms with Crippen LogP contribution in [0, 0.1) is 10.1 Å². The summed E-state index contributed by atoms with van der Waals surface area (Å²) in [7, 11) is 1.30. The van der Waals surface area contributed by atoms with Crippen LogP contribution in [0.2, 0.25) is 0 Å². The zero-order valence-corrected chi connectivity index (χ0v) is 11.5. The van der Waals surface area contributed by atoms with Gasteiger partial charge in [0.1, 0.15) is 4.21 Å². The van der Waals surface area contributed by atoms with E-state index in [2.05, 4.69) is 4.74 Å². The standard InChI is InChI=1S/C10H13NO5S2/c1-6(12)8-5-7(11(14)15)10(18-8)17-4-3-9(13)16-2/h5-6,12H,3-4H2,1-2H3/t6-/m0/s1. The highest BCUT2D eigenvalue weighted by molar-refractivity contribution is 8.01. The van der Waals surface area contributed by atoms with E-state index in [0.29, 0.717) is 14.8 Å². The quantitative estimate of drug-likeness (QED) is 0.374. The Labute approximate surface area is 112 Å². The number of aliphatic hydroxyl groups is 1. The van der Waals surface area contributed by atoms with Crippen LogP contribution in [-0.2, 0) is 9.53 Å². The largest absolute Gasteiger partial charge is 0.469 e. The molecule has 8 heteroatoms. The molecule has 0 fully saturated rings. The van der Waals surface area contributed by atoms with E-state index in [1.807, 2.05) is 0 Å². The second-order valence-electron chi connectivity index (χ2n) is 3.43. The number of hydrogen-bond donors (Lipinski definition) is 1. The van der Waals surface area contributed by atoms with Crippen LogP contribution >= 0.6 is 23.1 Å². The van der Waals surface area contributed by atoms with E-state index in [1.54, 1.807) is 6.92 Å². The van der Waals surface area contributed by atoms with Crippen molar-refractivity contribution in [1.82, 2.24) is 0 Å². The first kappa shape index (κ1) is 14.9. The first-order chi connectivity index (χ1) is 8.45. The number of nitrogens with zero attached hydrogens (tertiary/aromatic N) is 1. The molecule has 0 bridgehead atoms. The fraction of sp³-hybridized carbons (Fsp3) is 0.500. The minimum atomic E-state index is -0.733. The van der Waals surface area contributed by atoms with Gasteiger partial charge in [-0.2, -0.15) is 0 Å². The second-order valence-corrected chi connectivity index (χ2v) is 5.88. The molecular weight excluding hydrogens is 278 g/mol. The van der Waals surface area contributed by atoms with Crippen LogP contribution in [0.25, 0.3) is 0 Å². The molecule has 0 radical (unpaired) electrons. The molecule has 18 heavy (non-hydrogen) atoms. The Morgan fingerprint density at radius 3 is 2.89 bits per heavy atom. The Morgan fingerprint density at radius 1 is 1.72 bits per heavy atom. The zero-order valence-electron chi connectivity index (χ0n) is 9.91. The Balaban J connectivity index is 2.74. The van der Waals surface area contributed by atoms with Crippen molar-refractivity contribution < 1.29 is 19.6 Å². The van der Waals surface area contributed by atoms with Gasteiger partial charge in [-0.25, -0.2) is 0 Å². The molecule has 1 aromatic rings. The lowest BCUT2D eigenvalue weighted by molar-refractivity contribution is -0.387. The summed E-state index contributed by atoms with van der Waals surface area (Å²) in [6.45, 7) is 1.55. The van der Waals surface area contributed by atoms with Gasteiger partial charge in [-0.05, 0) is 6.92 Å². The molecule has 0 unspecified atom stereocenters. The highest BCUT2D eigenvalue weighted by atomic mass is 32.2. The molecule has 0 aliphatic heterocycles. The van der Waals surface area contributed by atoms with Gasteiger partial charge < -0.3 is 9.84 Å². The lowest BCUT2D eigenvalue weighted by Gasteiger charge is -1.98. The summed E-state index contributed by atoms with van der Waals surface area (Å²) in [6.07, 6.45) is -0.538. The minimum absolute atomic E-state index is 0.0224. The van der Waals surface area contributed by atoms with E-state index in [4.69, 9.17) is 0 Å². The van der Waals surface area contributed by atoms with Crippen molar-refractivity contribution in [2.45, 2.75) is 23.7 Å². The number of carbonyl (C=O) groups excluding carboxylic acids is 1. The second kappa shape index (κ2) is 6.72. The van der Waals surface area contributed by atoms with Crippen molar-refractivity contribution in [3.8, 4) is 0 Å². The molecule has 6 nitrogen and oxygen atoms in total. The number of rotatable bonds is 6. The molecule has 1 heterocycles. The zero-order chi connectivity index (χ0) is 13.7. The lowest BCUT2D eigenvalue weighted by Crippen LogP contribution is -2.00. The number of hydrogen-bond acceptors (Lipinski definition) is 7. The van der Waals surface area contributed by atoms with Gasteiger partial charge in [0.25, 0.3) is 5.69 Å². The molecular formula is C10H13NO5S2. The summed E-state index contributed by atoms with van der Waals surface area (Å²) in [5.41, 5.74) is -0.0224. The number of thiophene rings is 1. The summed E-state index contributed by atoms with van der Waals surface area (Å²) in [5, 5.41) is 20.2. The molecule has 0 spiro atoms. The molecule has 1 N–H and O–H groups in total. The van der Waals surface area contributed by atoms with Crippen LogP contribution in [-0.4, -0.2) is 28.9 Å². The van der Waals surface area contributed by atoms with Crippen LogP contribution in [0.5, 0.6) is 0 Å². The van der Waals surface area contributed by atoms with E-state index < -0.39 is 11.0 Å². The van der Waals surface area contributed by atoms with Gasteiger partial charge in [0.2, 0.25) is 0 Å². The van der Waals surface area contributed by atoms with Crippen molar-refractivity contribution in [3.05, 3.63) is 21.1 Å². The van der Waals surface area contributed by atoms with Crippen LogP contribution in [0.1, 0.15) is 24.3 Å². The van der Waals surface area contributed by atoms with Gasteiger partial charge in [0.15, 0.2) is 0 Å². The van der Waals surface area contributed by atoms with E-state index in [1.165, 1.54) is 36.3 Å². The van der Waals surface area contributed by atoms with Crippen molar-refractivity contribution in [3.63, 3.8) is 0 Å². The van der Waals surface area contributed by atoms with Crippen LogP contribution in [0.15, 0.2) is 10.3 Å². The highest BCUT2D eigenvalue weighted by Gasteiger charge is 2.21. The van der Waals surface area contributed by atoms with E-state index in [9.17, 15) is 20.0 Å². The summed E-state index contributed by atoms with van der Waals surface area (Å²) in [5.74, 6) is 0.0604. The van der Waals surface area contributed by atoms with Crippen LogP contribution < -0.4 is 0 Å². The third kappa shape index (κ3) is 3.97. The summed E-state index contributed by atoms with van der Waals surface area (Å²) >= 11 is 2.40. The van der Waals surface area contributed by atoms with Gasteiger partial charge in [0, 0.05) is 16.7 Å². The molecule has 0 saturated carbocycles. The number of esters is 1. The first-order valence-corrected chi connectivity index (χ1v) is 6.91. The number of carbonyl (C=O) groups is 1. The Bertz CT molecular complexity index is 443. The lowest BCUT2D eigenvalue weighted by atomic mass is 10.3. The van der Waals surface area contributed by atoms with Crippen molar-refractivity contribution >= 4 is 34.8 Å². The first-order valence-electron chi connectivity index (χ1n) is 5.11. The fourth-order valence-electron chi connectivity index (χ4n) is 1.15. The van der Waals surface area contributed by atoms with Gasteiger partial charge in [0.05, 0.1) is 24.6 Å². The fourth-order valence-corrected chi connectivity index (χ4v) is 3.45. The number of aliphatic hydroxyl groups excluding tert-OH is 1. The molecule has 0 amide bonds.